The Hall–Kier alpha value is -0.870. The molecule has 1 fully saturated rings. The molecule has 1 saturated heterocycles. The van der Waals surface area contributed by atoms with Crippen LogP contribution in [0.1, 0.15) is 31.6 Å². The number of piperidine rings is 1. The summed E-state index contributed by atoms with van der Waals surface area (Å²) in [5, 5.41) is 8.48. The van der Waals surface area contributed by atoms with Gasteiger partial charge >= 0.3 is 0 Å². The van der Waals surface area contributed by atoms with Crippen LogP contribution in [-0.2, 0) is 10.2 Å². The molecule has 1 amide bonds. The van der Waals surface area contributed by atoms with Crippen molar-refractivity contribution in [1.82, 2.24) is 10.6 Å². The van der Waals surface area contributed by atoms with Crippen molar-refractivity contribution in [2.45, 2.75) is 32.1 Å². The standard InChI is InChI=1S/C14H22N2OS/c1-14(2,12-6-4-8-18-12)10-16-13(17)11-5-3-7-15-9-11/h4,6,8,11,15H,3,5,7,9-10H2,1-2H3,(H,16,17)/t11-/m0/s1. The average molecular weight is 266 g/mol. The molecular weight excluding hydrogens is 244 g/mol. The van der Waals surface area contributed by atoms with Crippen LogP contribution in [0, 0.1) is 5.92 Å². The van der Waals surface area contributed by atoms with Crippen molar-refractivity contribution in [1.29, 1.82) is 0 Å². The molecule has 0 aromatic carbocycles. The van der Waals surface area contributed by atoms with E-state index in [0.717, 1.165) is 25.9 Å². The summed E-state index contributed by atoms with van der Waals surface area (Å²) >= 11 is 1.75. The van der Waals surface area contributed by atoms with Gasteiger partial charge in [-0.3, -0.25) is 4.79 Å². The Morgan fingerprint density at radius 1 is 1.61 bits per heavy atom. The van der Waals surface area contributed by atoms with E-state index in [0.29, 0.717) is 6.54 Å². The van der Waals surface area contributed by atoms with E-state index in [1.165, 1.54) is 4.88 Å². The predicted molar refractivity (Wildman–Crippen MR) is 75.9 cm³/mol. The van der Waals surface area contributed by atoms with Gasteiger partial charge in [0.15, 0.2) is 0 Å². The summed E-state index contributed by atoms with van der Waals surface area (Å²) in [6, 6.07) is 4.20. The fraction of sp³-hybridized carbons (Fsp3) is 0.643. The molecule has 0 spiro atoms. The highest BCUT2D eigenvalue weighted by molar-refractivity contribution is 7.10. The Morgan fingerprint density at radius 2 is 2.44 bits per heavy atom. The second-order valence-electron chi connectivity index (χ2n) is 5.62. The molecule has 3 nitrogen and oxygen atoms in total. The van der Waals surface area contributed by atoms with E-state index in [1.807, 2.05) is 0 Å². The number of nitrogens with one attached hydrogen (secondary N) is 2. The van der Waals surface area contributed by atoms with E-state index in [1.54, 1.807) is 11.3 Å². The van der Waals surface area contributed by atoms with Gasteiger partial charge in [-0.1, -0.05) is 19.9 Å². The zero-order valence-electron chi connectivity index (χ0n) is 11.2. The molecule has 0 bridgehead atoms. The van der Waals surface area contributed by atoms with Crippen LogP contribution in [0.4, 0.5) is 0 Å². The topological polar surface area (TPSA) is 41.1 Å². The largest absolute Gasteiger partial charge is 0.355 e. The number of thiophene rings is 1. The molecule has 1 aliphatic heterocycles. The molecule has 1 aromatic rings. The second kappa shape index (κ2) is 5.85. The van der Waals surface area contributed by atoms with Gasteiger partial charge in [-0.2, -0.15) is 0 Å². The third-order valence-electron chi connectivity index (χ3n) is 3.56. The number of amides is 1. The van der Waals surface area contributed by atoms with E-state index in [4.69, 9.17) is 0 Å². The summed E-state index contributed by atoms with van der Waals surface area (Å²) in [6.45, 7) is 6.94. The van der Waals surface area contributed by atoms with Crippen LogP contribution in [0.2, 0.25) is 0 Å². The fourth-order valence-corrected chi connectivity index (χ4v) is 3.13. The maximum Gasteiger partial charge on any atom is 0.224 e. The molecule has 0 radical (unpaired) electrons. The van der Waals surface area contributed by atoms with Crippen LogP contribution in [-0.4, -0.2) is 25.5 Å². The number of hydrogen-bond acceptors (Lipinski definition) is 3. The highest BCUT2D eigenvalue weighted by atomic mass is 32.1. The molecule has 1 atom stereocenters. The van der Waals surface area contributed by atoms with E-state index in [2.05, 4.69) is 42.0 Å². The van der Waals surface area contributed by atoms with Crippen LogP contribution >= 0.6 is 11.3 Å². The minimum atomic E-state index is 0.0198. The minimum Gasteiger partial charge on any atom is -0.355 e. The zero-order valence-corrected chi connectivity index (χ0v) is 12.0. The first-order valence-corrected chi connectivity index (χ1v) is 7.50. The van der Waals surface area contributed by atoms with Crippen molar-refractivity contribution in [3.63, 3.8) is 0 Å². The highest BCUT2D eigenvalue weighted by Gasteiger charge is 2.25. The fourth-order valence-electron chi connectivity index (χ4n) is 2.28. The quantitative estimate of drug-likeness (QED) is 0.876. The third kappa shape index (κ3) is 3.33. The number of carbonyl (C=O) groups is 1. The Kier molecular flexibility index (Phi) is 4.40. The lowest BCUT2D eigenvalue weighted by molar-refractivity contribution is -0.125. The van der Waals surface area contributed by atoms with Crippen LogP contribution in [0.5, 0.6) is 0 Å². The lowest BCUT2D eigenvalue weighted by Gasteiger charge is -2.27. The summed E-state index contributed by atoms with van der Waals surface area (Å²) in [5.41, 5.74) is 0.0198. The Balaban J connectivity index is 1.85. The minimum absolute atomic E-state index is 0.0198. The van der Waals surface area contributed by atoms with Gasteiger partial charge in [-0.05, 0) is 30.8 Å². The molecule has 1 aromatic heterocycles. The lowest BCUT2D eigenvalue weighted by Crippen LogP contribution is -2.44. The Labute approximate surface area is 113 Å². The van der Waals surface area contributed by atoms with Gasteiger partial charge in [0.05, 0.1) is 5.92 Å². The summed E-state index contributed by atoms with van der Waals surface area (Å²) < 4.78 is 0. The first kappa shape index (κ1) is 13.6. The van der Waals surface area contributed by atoms with E-state index in [-0.39, 0.29) is 17.2 Å². The van der Waals surface area contributed by atoms with Gasteiger partial charge in [-0.15, -0.1) is 11.3 Å². The monoisotopic (exact) mass is 266 g/mol. The van der Waals surface area contributed by atoms with Gasteiger partial charge in [0.2, 0.25) is 5.91 Å². The summed E-state index contributed by atoms with van der Waals surface area (Å²) in [5.74, 6) is 0.352. The molecule has 2 rings (SSSR count). The molecule has 100 valence electrons. The molecule has 18 heavy (non-hydrogen) atoms. The van der Waals surface area contributed by atoms with Gasteiger partial charge in [0, 0.05) is 23.4 Å². The first-order valence-electron chi connectivity index (χ1n) is 6.62. The molecule has 0 saturated carbocycles. The summed E-state index contributed by atoms with van der Waals surface area (Å²) in [6.07, 6.45) is 2.12. The number of hydrogen-bond donors (Lipinski definition) is 2. The first-order chi connectivity index (χ1) is 8.59. The normalized spacial score (nSPS) is 20.7. The van der Waals surface area contributed by atoms with Crippen molar-refractivity contribution in [2.24, 2.45) is 5.92 Å². The van der Waals surface area contributed by atoms with Gasteiger partial charge in [-0.25, -0.2) is 0 Å². The van der Waals surface area contributed by atoms with Crippen molar-refractivity contribution in [2.75, 3.05) is 19.6 Å². The van der Waals surface area contributed by atoms with Crippen molar-refractivity contribution in [3.05, 3.63) is 22.4 Å². The van der Waals surface area contributed by atoms with Crippen molar-refractivity contribution >= 4 is 17.2 Å². The maximum absolute atomic E-state index is 12.1. The summed E-state index contributed by atoms with van der Waals surface area (Å²) in [7, 11) is 0. The second-order valence-corrected chi connectivity index (χ2v) is 6.57. The Morgan fingerprint density at radius 3 is 3.06 bits per heavy atom. The van der Waals surface area contributed by atoms with Crippen molar-refractivity contribution in [3.8, 4) is 0 Å². The number of carbonyl (C=O) groups excluding carboxylic acids is 1. The SMILES string of the molecule is CC(C)(CNC(=O)[C@H]1CCCNC1)c1cccs1. The average Bonchev–Trinajstić information content (AvgIpc) is 2.92. The Bertz CT molecular complexity index is 381. The maximum atomic E-state index is 12.1. The highest BCUT2D eigenvalue weighted by Crippen LogP contribution is 2.26. The smallest absolute Gasteiger partial charge is 0.224 e. The van der Waals surface area contributed by atoms with Crippen LogP contribution in [0.25, 0.3) is 0 Å². The van der Waals surface area contributed by atoms with Gasteiger partial charge in [0.1, 0.15) is 0 Å². The third-order valence-corrected chi connectivity index (χ3v) is 4.80. The summed E-state index contributed by atoms with van der Waals surface area (Å²) in [4.78, 5) is 13.4. The molecule has 1 aliphatic rings. The molecule has 4 heteroatoms. The van der Waals surface area contributed by atoms with E-state index < -0.39 is 0 Å². The van der Waals surface area contributed by atoms with Gasteiger partial charge in [0.25, 0.3) is 0 Å². The molecule has 2 heterocycles. The molecule has 0 unspecified atom stereocenters. The van der Waals surface area contributed by atoms with Crippen LogP contribution < -0.4 is 10.6 Å². The van der Waals surface area contributed by atoms with E-state index in [9.17, 15) is 4.79 Å². The van der Waals surface area contributed by atoms with Crippen LogP contribution in [0.15, 0.2) is 17.5 Å². The molecule has 0 aliphatic carbocycles. The number of rotatable bonds is 4. The molecule has 2 N–H and O–H groups in total. The van der Waals surface area contributed by atoms with Crippen molar-refractivity contribution < 1.29 is 4.79 Å². The predicted octanol–water partition coefficient (Wildman–Crippen LogP) is 2.14. The lowest BCUT2D eigenvalue weighted by atomic mass is 9.90. The van der Waals surface area contributed by atoms with Gasteiger partial charge < -0.3 is 10.6 Å². The van der Waals surface area contributed by atoms with Crippen LogP contribution in [0.3, 0.4) is 0 Å². The zero-order chi connectivity index (χ0) is 13.0. The molecular formula is C14H22N2OS. The van der Waals surface area contributed by atoms with E-state index >= 15 is 0 Å².